The summed E-state index contributed by atoms with van der Waals surface area (Å²) in [7, 11) is 0. The number of fused-ring (bicyclic) bond motifs is 1. The van der Waals surface area contributed by atoms with Crippen LogP contribution in [0, 0.1) is 18.7 Å². The van der Waals surface area contributed by atoms with Crippen molar-refractivity contribution in [2.45, 2.75) is 53.0 Å². The second-order valence-corrected chi connectivity index (χ2v) is 9.14. The third-order valence-electron chi connectivity index (χ3n) is 6.48. The number of halogens is 1. The predicted molar refractivity (Wildman–Crippen MR) is 125 cm³/mol. The molecule has 0 bridgehead atoms. The normalized spacial score (nSPS) is 17.5. The van der Waals surface area contributed by atoms with Crippen LogP contribution in [0.3, 0.4) is 0 Å². The zero-order valence-corrected chi connectivity index (χ0v) is 19.0. The van der Waals surface area contributed by atoms with E-state index in [4.69, 9.17) is 4.98 Å². The maximum atomic E-state index is 13.7. The fourth-order valence-corrected chi connectivity index (χ4v) is 4.70. The zero-order valence-electron chi connectivity index (χ0n) is 19.0. The van der Waals surface area contributed by atoms with E-state index in [1.54, 1.807) is 13.0 Å². The first kappa shape index (κ1) is 21.7. The Balaban J connectivity index is 1.78. The number of aryl methyl sites for hydroxylation is 1. The van der Waals surface area contributed by atoms with Crippen LogP contribution >= 0.6 is 0 Å². The van der Waals surface area contributed by atoms with Crippen molar-refractivity contribution in [2.75, 3.05) is 19.6 Å². The molecule has 4 rings (SSSR count). The molecule has 2 aromatic carbocycles. The Morgan fingerprint density at radius 2 is 1.90 bits per heavy atom. The molecule has 0 aliphatic carbocycles. The summed E-state index contributed by atoms with van der Waals surface area (Å²) in [4.78, 5) is 21.0. The summed E-state index contributed by atoms with van der Waals surface area (Å²) in [6, 6.07) is 10.9. The van der Waals surface area contributed by atoms with Gasteiger partial charge in [0, 0.05) is 19.0 Å². The van der Waals surface area contributed by atoms with Gasteiger partial charge >= 0.3 is 0 Å². The van der Waals surface area contributed by atoms with Gasteiger partial charge in [0.05, 0.1) is 10.9 Å². The van der Waals surface area contributed by atoms with E-state index in [2.05, 4.69) is 25.7 Å². The van der Waals surface area contributed by atoms with Crippen molar-refractivity contribution >= 4 is 10.9 Å². The summed E-state index contributed by atoms with van der Waals surface area (Å²) in [5.41, 5.74) is 3.18. The highest BCUT2D eigenvalue weighted by Gasteiger charge is 2.22. The maximum absolute atomic E-state index is 13.7. The van der Waals surface area contributed by atoms with E-state index >= 15 is 0 Å². The van der Waals surface area contributed by atoms with E-state index in [9.17, 15) is 9.18 Å². The minimum atomic E-state index is -0.219. The van der Waals surface area contributed by atoms with E-state index in [1.165, 1.54) is 12.5 Å². The van der Waals surface area contributed by atoms with Crippen LogP contribution in [0.2, 0.25) is 0 Å². The van der Waals surface area contributed by atoms with E-state index < -0.39 is 0 Å². The van der Waals surface area contributed by atoms with Crippen molar-refractivity contribution in [1.29, 1.82) is 0 Å². The average Bonchev–Trinajstić information content (AvgIpc) is 2.77. The third kappa shape index (κ3) is 4.42. The molecule has 1 fully saturated rings. The number of nitrogens with zero attached hydrogens (tertiary/aromatic N) is 3. The van der Waals surface area contributed by atoms with Crippen molar-refractivity contribution in [2.24, 2.45) is 5.92 Å². The Morgan fingerprint density at radius 3 is 2.61 bits per heavy atom. The molecule has 0 saturated carbocycles. The Labute approximate surface area is 183 Å². The lowest BCUT2D eigenvalue weighted by Gasteiger charge is -2.32. The summed E-state index contributed by atoms with van der Waals surface area (Å²) in [6.07, 6.45) is 2.33. The molecule has 2 heterocycles. The minimum absolute atomic E-state index is 0.0306. The van der Waals surface area contributed by atoms with Gasteiger partial charge in [-0.3, -0.25) is 9.36 Å². The number of piperidine rings is 1. The molecule has 31 heavy (non-hydrogen) atoms. The quantitative estimate of drug-likeness (QED) is 0.556. The van der Waals surface area contributed by atoms with Gasteiger partial charge in [-0.05, 0) is 79.7 Å². The number of aromatic nitrogens is 2. The Kier molecular flexibility index (Phi) is 6.24. The number of benzene rings is 2. The van der Waals surface area contributed by atoms with Crippen LogP contribution in [-0.2, 0) is 6.54 Å². The average molecular weight is 422 g/mol. The molecule has 1 aliphatic rings. The van der Waals surface area contributed by atoms with Gasteiger partial charge in [-0.2, -0.15) is 0 Å². The molecule has 0 radical (unpaired) electrons. The first-order chi connectivity index (χ1) is 14.9. The highest BCUT2D eigenvalue weighted by atomic mass is 19.1. The smallest absolute Gasteiger partial charge is 0.261 e. The molecule has 1 atom stereocenters. The second-order valence-electron chi connectivity index (χ2n) is 9.14. The Morgan fingerprint density at radius 1 is 1.16 bits per heavy atom. The largest absolute Gasteiger partial charge is 0.303 e. The van der Waals surface area contributed by atoms with E-state index in [0.717, 1.165) is 48.5 Å². The van der Waals surface area contributed by atoms with Crippen molar-refractivity contribution in [3.05, 3.63) is 64.0 Å². The van der Waals surface area contributed by atoms with E-state index in [0.29, 0.717) is 23.4 Å². The third-order valence-corrected chi connectivity index (χ3v) is 6.48. The highest BCUT2D eigenvalue weighted by molar-refractivity contribution is 5.84. The number of hydrogen-bond donors (Lipinski definition) is 0. The van der Waals surface area contributed by atoms with Gasteiger partial charge in [0.2, 0.25) is 0 Å². The molecular weight excluding hydrogens is 389 g/mol. The SMILES string of the molecule is CCN1CCC[C@H](Cn2c(C(C)C)nc3ccc(-c4ccc(F)c(C)c4)cc3c2=O)C1. The Hall–Kier alpha value is -2.53. The molecule has 3 aromatic rings. The predicted octanol–water partition coefficient (Wildman–Crippen LogP) is 5.37. The van der Waals surface area contributed by atoms with Crippen LogP contribution in [-0.4, -0.2) is 34.1 Å². The van der Waals surface area contributed by atoms with Crippen LogP contribution in [0.15, 0.2) is 41.2 Å². The molecule has 0 N–H and O–H groups in total. The van der Waals surface area contributed by atoms with Gasteiger partial charge in [0.1, 0.15) is 11.6 Å². The van der Waals surface area contributed by atoms with Crippen LogP contribution in [0.4, 0.5) is 4.39 Å². The van der Waals surface area contributed by atoms with Crippen molar-refractivity contribution in [1.82, 2.24) is 14.5 Å². The van der Waals surface area contributed by atoms with Crippen LogP contribution in [0.1, 0.15) is 50.9 Å². The molecule has 0 spiro atoms. The summed E-state index contributed by atoms with van der Waals surface area (Å²) < 4.78 is 15.6. The molecular formula is C26H32FN3O. The van der Waals surface area contributed by atoms with Gasteiger partial charge < -0.3 is 4.90 Å². The van der Waals surface area contributed by atoms with Crippen LogP contribution < -0.4 is 5.56 Å². The van der Waals surface area contributed by atoms with Crippen LogP contribution in [0.5, 0.6) is 0 Å². The van der Waals surface area contributed by atoms with Crippen LogP contribution in [0.25, 0.3) is 22.0 Å². The molecule has 1 aliphatic heterocycles. The summed E-state index contributed by atoms with van der Waals surface area (Å²) >= 11 is 0. The molecule has 1 aromatic heterocycles. The second kappa shape index (κ2) is 8.91. The first-order valence-electron chi connectivity index (χ1n) is 11.4. The van der Waals surface area contributed by atoms with Crippen molar-refractivity contribution in [3.63, 3.8) is 0 Å². The molecule has 164 valence electrons. The standard InChI is InChI=1S/C26H32FN3O/c1-5-29-12-6-7-19(15-29)16-30-25(17(2)3)28-24-11-9-21(14-22(24)26(30)31)20-8-10-23(27)18(4)13-20/h8-11,13-14,17,19H,5-7,12,15-16H2,1-4H3/t19-/m0/s1. The number of hydrogen-bond acceptors (Lipinski definition) is 3. The monoisotopic (exact) mass is 421 g/mol. The maximum Gasteiger partial charge on any atom is 0.261 e. The lowest BCUT2D eigenvalue weighted by molar-refractivity contribution is 0.168. The van der Waals surface area contributed by atoms with E-state index in [-0.39, 0.29) is 17.3 Å². The molecule has 4 nitrogen and oxygen atoms in total. The number of likely N-dealkylation sites (tertiary alicyclic amines) is 1. The lowest BCUT2D eigenvalue weighted by atomic mass is 9.97. The minimum Gasteiger partial charge on any atom is -0.303 e. The van der Waals surface area contributed by atoms with Gasteiger partial charge in [-0.15, -0.1) is 0 Å². The first-order valence-corrected chi connectivity index (χ1v) is 11.4. The molecule has 0 amide bonds. The summed E-state index contributed by atoms with van der Waals surface area (Å²) in [5, 5.41) is 0.632. The molecule has 1 saturated heterocycles. The van der Waals surface area contributed by atoms with Crippen molar-refractivity contribution < 1.29 is 4.39 Å². The van der Waals surface area contributed by atoms with Gasteiger partial charge in [0.25, 0.3) is 5.56 Å². The van der Waals surface area contributed by atoms with E-state index in [1.807, 2.05) is 28.8 Å². The topological polar surface area (TPSA) is 38.1 Å². The fraction of sp³-hybridized carbons (Fsp3) is 0.462. The molecule has 5 heteroatoms. The number of rotatable bonds is 5. The van der Waals surface area contributed by atoms with Gasteiger partial charge in [0.15, 0.2) is 0 Å². The molecule has 0 unspecified atom stereocenters. The van der Waals surface area contributed by atoms with Gasteiger partial charge in [-0.25, -0.2) is 9.37 Å². The highest BCUT2D eigenvalue weighted by Crippen LogP contribution is 2.26. The zero-order chi connectivity index (χ0) is 22.1. The lowest BCUT2D eigenvalue weighted by Crippen LogP contribution is -2.39. The summed E-state index contributed by atoms with van der Waals surface area (Å²) in [6.45, 7) is 12.1. The van der Waals surface area contributed by atoms with Crippen molar-refractivity contribution in [3.8, 4) is 11.1 Å². The summed E-state index contributed by atoms with van der Waals surface area (Å²) in [5.74, 6) is 1.27. The Bertz CT molecular complexity index is 1150. The van der Waals surface area contributed by atoms with Gasteiger partial charge in [-0.1, -0.05) is 32.9 Å². The fourth-order valence-electron chi connectivity index (χ4n) is 4.70.